The van der Waals surface area contributed by atoms with Crippen molar-refractivity contribution in [2.75, 3.05) is 7.11 Å². The third-order valence-corrected chi connectivity index (χ3v) is 3.52. The molecule has 0 unspecified atom stereocenters. The Hall–Kier alpha value is -1.30. The zero-order valence-corrected chi connectivity index (χ0v) is 11.8. The summed E-state index contributed by atoms with van der Waals surface area (Å²) in [7, 11) is 1.31. The summed E-state index contributed by atoms with van der Waals surface area (Å²) in [5.74, 6) is -1.90. The van der Waals surface area contributed by atoms with Gasteiger partial charge in [0, 0.05) is 11.6 Å². The van der Waals surface area contributed by atoms with Gasteiger partial charge in [0.1, 0.15) is 5.82 Å². The summed E-state index contributed by atoms with van der Waals surface area (Å²) in [4.78, 5) is 11.0. The van der Waals surface area contributed by atoms with Crippen LogP contribution in [0.2, 0.25) is 0 Å². The number of phenols is 1. The molecule has 18 heavy (non-hydrogen) atoms. The van der Waals surface area contributed by atoms with Gasteiger partial charge in [0.05, 0.1) is 17.0 Å². The average molecular weight is 321 g/mol. The largest absolute Gasteiger partial charge is 0.503 e. The fourth-order valence-electron chi connectivity index (χ4n) is 1.46. The van der Waals surface area contributed by atoms with Gasteiger partial charge < -0.3 is 14.9 Å². The van der Waals surface area contributed by atoms with Crippen molar-refractivity contribution in [1.29, 1.82) is 0 Å². The number of aromatic hydroxyl groups is 1. The zero-order valence-electron chi connectivity index (χ0n) is 10.3. The van der Waals surface area contributed by atoms with Crippen LogP contribution in [-0.2, 0) is 11.2 Å². The van der Waals surface area contributed by atoms with E-state index in [-0.39, 0.29) is 28.0 Å². The lowest BCUT2D eigenvalue weighted by Crippen LogP contribution is -2.26. The lowest BCUT2D eigenvalue weighted by Gasteiger charge is -2.21. The number of methoxy groups -OCH3 is 1. The summed E-state index contributed by atoms with van der Waals surface area (Å²) in [6, 6.07) is 1.04. The molecule has 0 aromatic heterocycles. The lowest BCUT2D eigenvalue weighted by molar-refractivity contribution is -0.146. The Morgan fingerprint density at radius 2 is 2.11 bits per heavy atom. The van der Waals surface area contributed by atoms with E-state index in [0.717, 1.165) is 6.07 Å². The highest BCUT2D eigenvalue weighted by Crippen LogP contribution is 2.40. The number of phenolic OH excluding ortho intramolecular Hbond substituents is 1. The first-order valence-electron chi connectivity index (χ1n) is 5.18. The number of rotatable bonds is 4. The Labute approximate surface area is 113 Å². The van der Waals surface area contributed by atoms with Crippen LogP contribution in [0.25, 0.3) is 0 Å². The number of carboxylic acids is 1. The summed E-state index contributed by atoms with van der Waals surface area (Å²) < 4.78 is 18.8. The van der Waals surface area contributed by atoms with Gasteiger partial charge >= 0.3 is 5.97 Å². The number of carbonyl (C=O) groups is 1. The van der Waals surface area contributed by atoms with E-state index in [2.05, 4.69) is 15.9 Å². The van der Waals surface area contributed by atoms with Gasteiger partial charge in [-0.3, -0.25) is 4.79 Å². The van der Waals surface area contributed by atoms with Crippen molar-refractivity contribution in [1.82, 2.24) is 0 Å². The fourth-order valence-corrected chi connectivity index (χ4v) is 1.99. The number of carboxylic acid groups (broad SMARTS) is 1. The van der Waals surface area contributed by atoms with E-state index in [1.807, 2.05) is 0 Å². The van der Waals surface area contributed by atoms with Crippen LogP contribution in [0.1, 0.15) is 19.4 Å². The third-order valence-electron chi connectivity index (χ3n) is 2.67. The highest BCUT2D eigenvalue weighted by Gasteiger charge is 2.31. The summed E-state index contributed by atoms with van der Waals surface area (Å²) >= 11 is 3.06. The molecule has 0 aliphatic heterocycles. The molecule has 0 aliphatic rings. The van der Waals surface area contributed by atoms with Crippen molar-refractivity contribution < 1.29 is 24.1 Å². The van der Waals surface area contributed by atoms with E-state index < -0.39 is 17.2 Å². The highest BCUT2D eigenvalue weighted by molar-refractivity contribution is 9.10. The molecule has 0 radical (unpaired) electrons. The lowest BCUT2D eigenvalue weighted by atomic mass is 9.85. The van der Waals surface area contributed by atoms with Gasteiger partial charge in [-0.05, 0) is 36.2 Å². The fraction of sp³-hybridized carbons (Fsp3) is 0.417. The number of aliphatic carboxylic acids is 1. The Morgan fingerprint density at radius 3 is 2.56 bits per heavy atom. The highest BCUT2D eigenvalue weighted by atomic mass is 79.9. The number of benzene rings is 1. The van der Waals surface area contributed by atoms with Gasteiger partial charge in [0.25, 0.3) is 0 Å². The second kappa shape index (κ2) is 5.14. The first-order chi connectivity index (χ1) is 8.20. The van der Waals surface area contributed by atoms with Crippen LogP contribution in [0.15, 0.2) is 10.5 Å². The maximum atomic E-state index is 13.9. The van der Waals surface area contributed by atoms with E-state index in [1.54, 1.807) is 0 Å². The number of hydrogen-bond donors (Lipinski definition) is 2. The minimum Gasteiger partial charge on any atom is -0.503 e. The Kier molecular flexibility index (Phi) is 4.21. The van der Waals surface area contributed by atoms with E-state index in [9.17, 15) is 14.3 Å². The van der Waals surface area contributed by atoms with Gasteiger partial charge in [0.15, 0.2) is 11.5 Å². The van der Waals surface area contributed by atoms with Crippen LogP contribution in [0, 0.1) is 11.2 Å². The number of ether oxygens (including phenoxy) is 1. The molecule has 1 rings (SSSR count). The van der Waals surface area contributed by atoms with Crippen LogP contribution < -0.4 is 4.74 Å². The monoisotopic (exact) mass is 320 g/mol. The van der Waals surface area contributed by atoms with Crippen LogP contribution in [0.4, 0.5) is 4.39 Å². The van der Waals surface area contributed by atoms with E-state index in [1.165, 1.54) is 21.0 Å². The van der Waals surface area contributed by atoms with Crippen molar-refractivity contribution >= 4 is 21.9 Å². The second-order valence-electron chi connectivity index (χ2n) is 4.57. The Morgan fingerprint density at radius 1 is 1.56 bits per heavy atom. The number of halogens is 2. The zero-order chi connectivity index (χ0) is 14.1. The molecule has 0 fully saturated rings. The quantitative estimate of drug-likeness (QED) is 0.895. The third kappa shape index (κ3) is 2.75. The van der Waals surface area contributed by atoms with Gasteiger partial charge in [-0.15, -0.1) is 0 Å². The summed E-state index contributed by atoms with van der Waals surface area (Å²) in [6.45, 7) is 2.98. The van der Waals surface area contributed by atoms with E-state index in [4.69, 9.17) is 9.84 Å². The van der Waals surface area contributed by atoms with Gasteiger partial charge in [-0.25, -0.2) is 4.39 Å². The molecule has 0 bridgehead atoms. The van der Waals surface area contributed by atoms with Gasteiger partial charge in [0.2, 0.25) is 0 Å². The minimum absolute atomic E-state index is 0.00347. The molecule has 0 spiro atoms. The van der Waals surface area contributed by atoms with Crippen LogP contribution in [0.5, 0.6) is 11.5 Å². The predicted molar refractivity (Wildman–Crippen MR) is 67.4 cm³/mol. The molecule has 4 nitrogen and oxygen atoms in total. The molecule has 2 N–H and O–H groups in total. The first-order valence-corrected chi connectivity index (χ1v) is 5.97. The van der Waals surface area contributed by atoms with E-state index >= 15 is 0 Å². The molecule has 100 valence electrons. The molecule has 6 heteroatoms. The van der Waals surface area contributed by atoms with Crippen molar-refractivity contribution in [3.8, 4) is 11.5 Å². The van der Waals surface area contributed by atoms with Crippen molar-refractivity contribution in [3.63, 3.8) is 0 Å². The molecule has 0 amide bonds. The summed E-state index contributed by atoms with van der Waals surface area (Å²) in [5, 5.41) is 18.8. The van der Waals surface area contributed by atoms with Crippen molar-refractivity contribution in [2.45, 2.75) is 20.3 Å². The van der Waals surface area contributed by atoms with Gasteiger partial charge in [-0.1, -0.05) is 0 Å². The molecule has 0 aliphatic carbocycles. The maximum Gasteiger partial charge on any atom is 0.309 e. The predicted octanol–water partition coefficient (Wildman–Crippen LogP) is 2.96. The normalized spacial score (nSPS) is 11.4. The van der Waals surface area contributed by atoms with Crippen LogP contribution >= 0.6 is 15.9 Å². The van der Waals surface area contributed by atoms with Crippen LogP contribution in [0.3, 0.4) is 0 Å². The molecular formula is C12H14BrFO4. The SMILES string of the molecule is COc1cc(F)c(CC(C)(C)C(=O)O)c(Br)c1O. The van der Waals surface area contributed by atoms with Crippen LogP contribution in [-0.4, -0.2) is 23.3 Å². The standard InChI is InChI=1S/C12H14BrFO4/c1-12(2,11(16)17)5-6-7(14)4-8(18-3)10(15)9(6)13/h4,15H,5H2,1-3H3,(H,16,17). The minimum atomic E-state index is -1.13. The Bertz CT molecular complexity index is 485. The molecule has 0 saturated carbocycles. The summed E-state index contributed by atoms with van der Waals surface area (Å²) in [5.41, 5.74) is -1.02. The topological polar surface area (TPSA) is 66.8 Å². The van der Waals surface area contributed by atoms with Crippen molar-refractivity contribution in [2.24, 2.45) is 5.41 Å². The second-order valence-corrected chi connectivity index (χ2v) is 5.36. The van der Waals surface area contributed by atoms with Crippen molar-refractivity contribution in [3.05, 3.63) is 21.9 Å². The summed E-state index contributed by atoms with van der Waals surface area (Å²) in [6.07, 6.45) is -0.0493. The molecule has 1 aromatic rings. The van der Waals surface area contributed by atoms with E-state index in [0.29, 0.717) is 0 Å². The average Bonchev–Trinajstić information content (AvgIpc) is 2.29. The first kappa shape index (κ1) is 14.8. The number of hydrogen-bond acceptors (Lipinski definition) is 3. The smallest absolute Gasteiger partial charge is 0.309 e. The molecule has 0 atom stereocenters. The molecular weight excluding hydrogens is 307 g/mol. The molecule has 1 aromatic carbocycles. The Balaban J connectivity index is 3.27. The maximum absolute atomic E-state index is 13.9. The molecule has 0 heterocycles. The van der Waals surface area contributed by atoms with Gasteiger partial charge in [-0.2, -0.15) is 0 Å². The molecule has 0 saturated heterocycles.